The van der Waals surface area contributed by atoms with Crippen LogP contribution in [0.15, 0.2) is 30.3 Å². The predicted octanol–water partition coefficient (Wildman–Crippen LogP) is 3.65. The first-order valence-electron chi connectivity index (χ1n) is 7.30. The van der Waals surface area contributed by atoms with Crippen LogP contribution in [0.2, 0.25) is 0 Å². The molecule has 2 nitrogen and oxygen atoms in total. The van der Waals surface area contributed by atoms with Gasteiger partial charge in [0.15, 0.2) is 0 Å². The second-order valence-corrected chi connectivity index (χ2v) is 5.76. The van der Waals surface area contributed by atoms with E-state index >= 15 is 0 Å². The lowest BCUT2D eigenvalue weighted by Gasteiger charge is -2.20. The van der Waals surface area contributed by atoms with Gasteiger partial charge in [-0.25, -0.2) is 0 Å². The van der Waals surface area contributed by atoms with Gasteiger partial charge in [0.1, 0.15) is 0 Å². The Morgan fingerprint density at radius 1 is 1.21 bits per heavy atom. The number of aromatic nitrogens is 1. The molecule has 2 aromatic rings. The second kappa shape index (κ2) is 5.30. The fourth-order valence-corrected chi connectivity index (χ4v) is 3.46. The minimum Gasteiger partial charge on any atom is -0.319 e. The van der Waals surface area contributed by atoms with E-state index in [1.807, 2.05) is 6.92 Å². The lowest BCUT2D eigenvalue weighted by atomic mass is 9.88. The summed E-state index contributed by atoms with van der Waals surface area (Å²) in [6.07, 6.45) is 4.05. The smallest absolute Gasteiger partial charge is 0.0705 e. The quantitative estimate of drug-likeness (QED) is 0.904. The fraction of sp³-hybridized carbons (Fsp3) is 0.471. The van der Waals surface area contributed by atoms with Crippen LogP contribution in [0.4, 0.5) is 0 Å². The van der Waals surface area contributed by atoms with Gasteiger partial charge in [-0.05, 0) is 69.0 Å². The van der Waals surface area contributed by atoms with Gasteiger partial charge in [-0.2, -0.15) is 0 Å². The molecular formula is C17H22N2. The lowest BCUT2D eigenvalue weighted by molar-refractivity contribution is 0.463. The molecule has 1 aliphatic rings. The Morgan fingerprint density at radius 3 is 2.95 bits per heavy atom. The van der Waals surface area contributed by atoms with Gasteiger partial charge in [0.25, 0.3) is 0 Å². The van der Waals surface area contributed by atoms with Crippen LogP contribution in [0.5, 0.6) is 0 Å². The molecule has 2 heteroatoms. The molecule has 0 amide bonds. The molecule has 1 fully saturated rings. The summed E-state index contributed by atoms with van der Waals surface area (Å²) in [6.45, 7) is 3.18. The van der Waals surface area contributed by atoms with Crippen molar-refractivity contribution in [3.8, 4) is 0 Å². The summed E-state index contributed by atoms with van der Waals surface area (Å²) in [5.41, 5.74) is 3.71. The Labute approximate surface area is 115 Å². The van der Waals surface area contributed by atoms with E-state index in [-0.39, 0.29) is 0 Å². The largest absolute Gasteiger partial charge is 0.319 e. The maximum Gasteiger partial charge on any atom is 0.0705 e. The number of hydrogen-bond acceptors (Lipinski definition) is 2. The van der Waals surface area contributed by atoms with Crippen molar-refractivity contribution in [2.24, 2.45) is 5.92 Å². The molecule has 0 bridgehead atoms. The first kappa shape index (κ1) is 12.6. The molecule has 0 spiro atoms. The monoisotopic (exact) mass is 254 g/mol. The molecule has 1 aromatic heterocycles. The van der Waals surface area contributed by atoms with Crippen LogP contribution in [0.1, 0.15) is 36.4 Å². The van der Waals surface area contributed by atoms with E-state index in [0.29, 0.717) is 0 Å². The molecule has 0 saturated heterocycles. The highest BCUT2D eigenvalue weighted by Gasteiger charge is 2.27. The van der Waals surface area contributed by atoms with Crippen LogP contribution in [-0.4, -0.2) is 18.6 Å². The van der Waals surface area contributed by atoms with Gasteiger partial charge in [0, 0.05) is 11.1 Å². The lowest BCUT2D eigenvalue weighted by Crippen LogP contribution is -2.20. The summed E-state index contributed by atoms with van der Waals surface area (Å²) in [5.74, 6) is 1.51. The molecule has 1 aromatic carbocycles. The molecule has 2 unspecified atom stereocenters. The van der Waals surface area contributed by atoms with E-state index in [9.17, 15) is 0 Å². The van der Waals surface area contributed by atoms with Crippen molar-refractivity contribution in [3.05, 3.63) is 41.6 Å². The third kappa shape index (κ3) is 2.50. The van der Waals surface area contributed by atoms with Crippen LogP contribution in [0.3, 0.4) is 0 Å². The number of rotatable bonds is 3. The third-order valence-electron chi connectivity index (χ3n) is 4.41. The van der Waals surface area contributed by atoms with Gasteiger partial charge in [0.05, 0.1) is 5.52 Å². The number of hydrogen-bond donors (Lipinski definition) is 1. The van der Waals surface area contributed by atoms with Crippen molar-refractivity contribution in [2.75, 3.05) is 13.6 Å². The van der Waals surface area contributed by atoms with Crippen molar-refractivity contribution in [1.29, 1.82) is 0 Å². The molecule has 0 aliphatic heterocycles. The van der Waals surface area contributed by atoms with Crippen molar-refractivity contribution in [2.45, 2.75) is 32.1 Å². The molecular weight excluding hydrogens is 232 g/mol. The molecule has 3 rings (SSSR count). The van der Waals surface area contributed by atoms with Gasteiger partial charge in [-0.3, -0.25) is 4.98 Å². The highest BCUT2D eigenvalue weighted by molar-refractivity contribution is 5.79. The van der Waals surface area contributed by atoms with Crippen LogP contribution in [0.25, 0.3) is 10.9 Å². The zero-order valence-electron chi connectivity index (χ0n) is 11.8. The number of aryl methyl sites for hydroxylation is 1. The third-order valence-corrected chi connectivity index (χ3v) is 4.41. The maximum atomic E-state index is 4.59. The Kier molecular flexibility index (Phi) is 3.52. The summed E-state index contributed by atoms with van der Waals surface area (Å²) in [6, 6.07) is 11.1. The van der Waals surface area contributed by atoms with Crippen LogP contribution < -0.4 is 5.32 Å². The summed E-state index contributed by atoms with van der Waals surface area (Å²) < 4.78 is 0. The average Bonchev–Trinajstić information content (AvgIpc) is 2.87. The normalized spacial score (nSPS) is 23.1. The van der Waals surface area contributed by atoms with E-state index in [1.54, 1.807) is 0 Å². The Balaban J connectivity index is 1.94. The molecule has 0 radical (unpaired) electrons. The van der Waals surface area contributed by atoms with E-state index < -0.39 is 0 Å². The van der Waals surface area contributed by atoms with Gasteiger partial charge < -0.3 is 5.32 Å². The van der Waals surface area contributed by atoms with Gasteiger partial charge in [0.2, 0.25) is 0 Å². The number of nitrogens with one attached hydrogen (secondary N) is 1. The predicted molar refractivity (Wildman–Crippen MR) is 80.5 cm³/mol. The molecule has 19 heavy (non-hydrogen) atoms. The minimum atomic E-state index is 0.721. The minimum absolute atomic E-state index is 0.721. The number of pyridine rings is 1. The zero-order chi connectivity index (χ0) is 13.2. The highest BCUT2D eigenvalue weighted by Crippen LogP contribution is 2.39. The number of fused-ring (bicyclic) bond motifs is 1. The average molecular weight is 254 g/mol. The van der Waals surface area contributed by atoms with Crippen molar-refractivity contribution < 1.29 is 0 Å². The molecule has 1 heterocycles. The molecule has 2 atom stereocenters. The summed E-state index contributed by atoms with van der Waals surface area (Å²) in [5, 5.41) is 4.62. The van der Waals surface area contributed by atoms with E-state index in [1.165, 1.54) is 30.2 Å². The molecule has 1 saturated carbocycles. The van der Waals surface area contributed by atoms with Gasteiger partial charge >= 0.3 is 0 Å². The Morgan fingerprint density at radius 2 is 2.11 bits per heavy atom. The SMILES string of the molecule is CNCC1CCCC1c1ccc2nc(C)ccc2c1. The highest BCUT2D eigenvalue weighted by atomic mass is 14.8. The molecule has 100 valence electrons. The zero-order valence-corrected chi connectivity index (χ0v) is 11.8. The van der Waals surface area contributed by atoms with Crippen molar-refractivity contribution in [3.63, 3.8) is 0 Å². The van der Waals surface area contributed by atoms with Crippen LogP contribution in [0, 0.1) is 12.8 Å². The van der Waals surface area contributed by atoms with Gasteiger partial charge in [-0.1, -0.05) is 18.6 Å². The Hall–Kier alpha value is -1.41. The summed E-state index contributed by atoms with van der Waals surface area (Å²) >= 11 is 0. The summed E-state index contributed by atoms with van der Waals surface area (Å²) in [7, 11) is 2.06. The van der Waals surface area contributed by atoms with E-state index in [4.69, 9.17) is 0 Å². The first-order valence-corrected chi connectivity index (χ1v) is 7.30. The first-order chi connectivity index (χ1) is 9.28. The number of nitrogens with zero attached hydrogens (tertiary/aromatic N) is 1. The van der Waals surface area contributed by atoms with Crippen molar-refractivity contribution >= 4 is 10.9 Å². The standard InChI is InChI=1S/C17H22N2/c1-12-6-7-14-10-13(8-9-17(14)19-12)16-5-3-4-15(16)11-18-2/h6-10,15-16,18H,3-5,11H2,1-2H3. The van der Waals surface area contributed by atoms with Gasteiger partial charge in [-0.15, -0.1) is 0 Å². The van der Waals surface area contributed by atoms with Crippen LogP contribution >= 0.6 is 0 Å². The molecule has 1 aliphatic carbocycles. The fourth-order valence-electron chi connectivity index (χ4n) is 3.46. The Bertz CT molecular complexity index is 576. The number of benzene rings is 1. The van der Waals surface area contributed by atoms with E-state index in [0.717, 1.165) is 29.6 Å². The maximum absolute atomic E-state index is 4.59. The van der Waals surface area contributed by atoms with E-state index in [2.05, 4.69) is 47.7 Å². The summed E-state index contributed by atoms with van der Waals surface area (Å²) in [4.78, 5) is 4.59. The van der Waals surface area contributed by atoms with Crippen LogP contribution in [-0.2, 0) is 0 Å². The molecule has 1 N–H and O–H groups in total. The van der Waals surface area contributed by atoms with Crippen molar-refractivity contribution in [1.82, 2.24) is 10.3 Å². The topological polar surface area (TPSA) is 24.9 Å². The second-order valence-electron chi connectivity index (χ2n) is 5.76.